The number of hydrogen-bond acceptors (Lipinski definition) is 8. The molecule has 0 aromatic carbocycles. The van der Waals surface area contributed by atoms with Gasteiger partial charge in [0.15, 0.2) is 11.6 Å². The highest BCUT2D eigenvalue weighted by Gasteiger charge is 2.17. The zero-order valence-electron chi connectivity index (χ0n) is 16.1. The minimum Gasteiger partial charge on any atom is -0.305 e. The Bertz CT molecular complexity index is 1050. The van der Waals surface area contributed by atoms with E-state index in [2.05, 4.69) is 50.1 Å². The Labute approximate surface area is 182 Å². The van der Waals surface area contributed by atoms with E-state index < -0.39 is 0 Å². The number of nitrogens with one attached hydrogen (secondary N) is 2. The molecule has 5 nitrogen and oxygen atoms in total. The lowest BCUT2D eigenvalue weighted by Crippen LogP contribution is -2.37. The number of fused-ring (bicyclic) bond motifs is 1. The molecule has 5 rings (SSSR count). The average molecular weight is 442 g/mol. The molecule has 1 fully saturated rings. The second kappa shape index (κ2) is 8.89. The molecule has 1 aliphatic heterocycles. The van der Waals surface area contributed by atoms with E-state index in [4.69, 9.17) is 9.97 Å². The summed E-state index contributed by atoms with van der Waals surface area (Å²) in [6, 6.07) is 8.37. The molecule has 4 aromatic rings. The predicted octanol–water partition coefficient (Wildman–Crippen LogP) is 5.55. The second-order valence-electron chi connectivity index (χ2n) is 7.13. The quantitative estimate of drug-likeness (QED) is 0.291. The Morgan fingerprint density at radius 1 is 0.931 bits per heavy atom. The SMILES string of the molecule is c1csc(-c2nc(NNCCN3CCCCC3)c3c(-c4cccs4)csc3n2)c1. The molecule has 29 heavy (non-hydrogen) atoms. The van der Waals surface area contributed by atoms with Gasteiger partial charge in [-0.25, -0.2) is 15.4 Å². The topological polar surface area (TPSA) is 53.1 Å². The molecular formula is C21H23N5S3. The van der Waals surface area contributed by atoms with Crippen LogP contribution in [0, 0.1) is 0 Å². The number of nitrogens with zero attached hydrogens (tertiary/aromatic N) is 3. The number of hydrogen-bond donors (Lipinski definition) is 2. The first-order chi connectivity index (χ1) is 14.4. The Hall–Kier alpha value is -1.84. The van der Waals surface area contributed by atoms with Gasteiger partial charge in [0.25, 0.3) is 0 Å². The van der Waals surface area contributed by atoms with Crippen molar-refractivity contribution in [2.75, 3.05) is 31.6 Å². The second-order valence-corrected chi connectivity index (χ2v) is 9.89. The first kappa shape index (κ1) is 19.1. The van der Waals surface area contributed by atoms with Crippen molar-refractivity contribution in [1.82, 2.24) is 20.3 Å². The molecular weight excluding hydrogens is 418 g/mol. The fourth-order valence-corrected chi connectivity index (χ4v) is 6.12. The highest BCUT2D eigenvalue weighted by molar-refractivity contribution is 7.18. The monoisotopic (exact) mass is 441 g/mol. The van der Waals surface area contributed by atoms with Crippen LogP contribution in [0.25, 0.3) is 31.4 Å². The molecule has 0 unspecified atom stereocenters. The van der Waals surface area contributed by atoms with Crippen LogP contribution in [0.15, 0.2) is 40.4 Å². The standard InChI is InChI=1S/C21H23N5S3/c1-2-9-26(10-3-1)11-8-22-25-20-18-15(16-6-4-12-27-16)14-29-21(18)24-19(23-20)17-7-5-13-28-17/h4-7,12-14,22H,1-3,8-11H2,(H,23,24,25). The largest absolute Gasteiger partial charge is 0.305 e. The van der Waals surface area contributed by atoms with E-state index in [0.29, 0.717) is 0 Å². The molecule has 0 aliphatic carbocycles. The molecule has 150 valence electrons. The summed E-state index contributed by atoms with van der Waals surface area (Å²) in [5, 5.41) is 7.48. The van der Waals surface area contributed by atoms with Crippen LogP contribution in [0.5, 0.6) is 0 Å². The van der Waals surface area contributed by atoms with Crippen LogP contribution in [0.4, 0.5) is 5.82 Å². The number of rotatable bonds is 7. The van der Waals surface area contributed by atoms with Crippen molar-refractivity contribution < 1.29 is 0 Å². The van der Waals surface area contributed by atoms with Gasteiger partial charge in [0, 0.05) is 28.9 Å². The van der Waals surface area contributed by atoms with Crippen LogP contribution in [0.3, 0.4) is 0 Å². The van der Waals surface area contributed by atoms with Crippen molar-refractivity contribution in [3.63, 3.8) is 0 Å². The van der Waals surface area contributed by atoms with Gasteiger partial charge in [-0.3, -0.25) is 0 Å². The van der Waals surface area contributed by atoms with E-state index in [1.165, 1.54) is 42.8 Å². The summed E-state index contributed by atoms with van der Waals surface area (Å²) in [5.74, 6) is 1.65. The third-order valence-corrected chi connectivity index (χ3v) is 7.81. The zero-order valence-corrected chi connectivity index (χ0v) is 18.5. The Morgan fingerprint density at radius 2 is 1.72 bits per heavy atom. The summed E-state index contributed by atoms with van der Waals surface area (Å²) < 4.78 is 0. The minimum atomic E-state index is 0.785. The minimum absolute atomic E-state index is 0.785. The highest BCUT2D eigenvalue weighted by Crippen LogP contribution is 2.40. The van der Waals surface area contributed by atoms with Crippen molar-refractivity contribution >= 4 is 50.0 Å². The van der Waals surface area contributed by atoms with Crippen molar-refractivity contribution in [3.8, 4) is 21.1 Å². The normalized spacial score (nSPS) is 15.2. The van der Waals surface area contributed by atoms with Crippen molar-refractivity contribution in [2.45, 2.75) is 19.3 Å². The van der Waals surface area contributed by atoms with E-state index in [0.717, 1.165) is 39.8 Å². The highest BCUT2D eigenvalue weighted by atomic mass is 32.1. The Balaban J connectivity index is 1.41. The molecule has 0 saturated carbocycles. The average Bonchev–Trinajstić information content (AvgIpc) is 3.52. The fourth-order valence-electron chi connectivity index (χ4n) is 3.70. The molecule has 0 spiro atoms. The van der Waals surface area contributed by atoms with Gasteiger partial charge in [-0.15, -0.1) is 34.0 Å². The molecule has 5 heterocycles. The summed E-state index contributed by atoms with van der Waals surface area (Å²) in [7, 11) is 0. The molecule has 8 heteroatoms. The first-order valence-corrected chi connectivity index (χ1v) is 12.6. The van der Waals surface area contributed by atoms with Gasteiger partial charge in [-0.1, -0.05) is 18.6 Å². The summed E-state index contributed by atoms with van der Waals surface area (Å²) in [6.45, 7) is 4.38. The molecule has 0 bridgehead atoms. The van der Waals surface area contributed by atoms with Gasteiger partial charge in [-0.2, -0.15) is 0 Å². The Kier molecular flexibility index (Phi) is 5.87. The van der Waals surface area contributed by atoms with E-state index in [1.807, 2.05) is 6.07 Å². The molecule has 4 aromatic heterocycles. The molecule has 0 radical (unpaired) electrons. The number of thiophene rings is 3. The lowest BCUT2D eigenvalue weighted by molar-refractivity contribution is 0.230. The Morgan fingerprint density at radius 3 is 2.48 bits per heavy atom. The van der Waals surface area contributed by atoms with Crippen molar-refractivity contribution in [3.05, 3.63) is 40.4 Å². The summed E-state index contributed by atoms with van der Waals surface area (Å²) >= 11 is 5.11. The van der Waals surface area contributed by atoms with E-state index in [9.17, 15) is 0 Å². The summed E-state index contributed by atoms with van der Waals surface area (Å²) in [6.07, 6.45) is 4.02. The van der Waals surface area contributed by atoms with Crippen LogP contribution < -0.4 is 10.9 Å². The van der Waals surface area contributed by atoms with Gasteiger partial charge in [0.2, 0.25) is 0 Å². The molecule has 0 atom stereocenters. The van der Waals surface area contributed by atoms with E-state index in [1.54, 1.807) is 34.0 Å². The zero-order chi connectivity index (χ0) is 19.5. The molecule has 0 amide bonds. The van der Waals surface area contributed by atoms with Crippen LogP contribution in [0.1, 0.15) is 19.3 Å². The van der Waals surface area contributed by atoms with Gasteiger partial charge in [0.1, 0.15) is 4.83 Å². The van der Waals surface area contributed by atoms with Gasteiger partial charge < -0.3 is 10.3 Å². The number of piperidine rings is 1. The van der Waals surface area contributed by atoms with Gasteiger partial charge >= 0.3 is 0 Å². The number of likely N-dealkylation sites (tertiary alicyclic amines) is 1. The van der Waals surface area contributed by atoms with Crippen molar-refractivity contribution in [2.24, 2.45) is 0 Å². The van der Waals surface area contributed by atoms with Crippen LogP contribution in [-0.2, 0) is 0 Å². The maximum absolute atomic E-state index is 4.89. The summed E-state index contributed by atoms with van der Waals surface area (Å²) in [5.41, 5.74) is 8.02. The van der Waals surface area contributed by atoms with Crippen molar-refractivity contribution in [1.29, 1.82) is 0 Å². The van der Waals surface area contributed by atoms with Crippen LogP contribution in [-0.4, -0.2) is 41.0 Å². The van der Waals surface area contributed by atoms with E-state index in [-0.39, 0.29) is 0 Å². The van der Waals surface area contributed by atoms with Gasteiger partial charge in [-0.05, 0) is 48.8 Å². The lowest BCUT2D eigenvalue weighted by atomic mass is 10.1. The van der Waals surface area contributed by atoms with E-state index >= 15 is 0 Å². The van der Waals surface area contributed by atoms with Gasteiger partial charge in [0.05, 0.1) is 10.3 Å². The number of aromatic nitrogens is 2. The maximum Gasteiger partial charge on any atom is 0.173 e. The molecule has 2 N–H and O–H groups in total. The van der Waals surface area contributed by atoms with Crippen LogP contribution in [0.2, 0.25) is 0 Å². The lowest BCUT2D eigenvalue weighted by Gasteiger charge is -2.26. The smallest absolute Gasteiger partial charge is 0.173 e. The molecule has 1 aliphatic rings. The maximum atomic E-state index is 4.89. The molecule has 1 saturated heterocycles. The van der Waals surface area contributed by atoms with Crippen LogP contribution >= 0.6 is 34.0 Å². The number of hydrazine groups is 1. The predicted molar refractivity (Wildman–Crippen MR) is 126 cm³/mol. The third-order valence-electron chi connectivity index (χ3n) is 5.17. The first-order valence-electron chi connectivity index (χ1n) is 9.97. The fraction of sp³-hybridized carbons (Fsp3) is 0.333. The third kappa shape index (κ3) is 4.22. The number of anilines is 1. The summed E-state index contributed by atoms with van der Waals surface area (Å²) in [4.78, 5) is 15.6.